The monoisotopic (exact) mass is 298 g/mol. The molecule has 1 aromatic carbocycles. The van der Waals surface area contributed by atoms with Crippen LogP contribution in [0.1, 0.15) is 17.3 Å². The molecule has 0 bridgehead atoms. The third kappa shape index (κ3) is 2.69. The normalized spacial score (nSPS) is 18.9. The van der Waals surface area contributed by atoms with Gasteiger partial charge in [0.1, 0.15) is 5.76 Å². The molecule has 1 atom stereocenters. The van der Waals surface area contributed by atoms with Crippen LogP contribution in [0, 0.1) is 5.92 Å². The van der Waals surface area contributed by atoms with Crippen LogP contribution in [0.4, 0.5) is 0 Å². The number of halogens is 2. The zero-order valence-corrected chi connectivity index (χ0v) is 11.3. The van der Waals surface area contributed by atoms with E-state index in [0.29, 0.717) is 5.02 Å². The van der Waals surface area contributed by atoms with Crippen molar-refractivity contribution in [2.45, 2.75) is 6.92 Å². The van der Waals surface area contributed by atoms with Crippen molar-refractivity contribution < 1.29 is 19.1 Å². The predicted molar refractivity (Wildman–Crippen MR) is 69.1 cm³/mol. The molecule has 0 fully saturated rings. The molecule has 2 rings (SSSR count). The van der Waals surface area contributed by atoms with Crippen molar-refractivity contribution in [3.8, 4) is 0 Å². The number of Topliss-reactive ketones (excluding diaryl/α,β-unsaturated/α-hetero) is 1. The number of hydrogen-bond acceptors (Lipinski definition) is 4. The van der Waals surface area contributed by atoms with Crippen molar-refractivity contribution in [3.63, 3.8) is 0 Å². The molecular formula is C13H8Cl2O4. The van der Waals surface area contributed by atoms with Crippen LogP contribution in [0.15, 0.2) is 30.0 Å². The fourth-order valence-corrected chi connectivity index (χ4v) is 2.23. The van der Waals surface area contributed by atoms with Gasteiger partial charge in [0.25, 0.3) is 0 Å². The molecule has 0 amide bonds. The van der Waals surface area contributed by atoms with E-state index in [2.05, 4.69) is 0 Å². The SMILES string of the molecule is CC1=CC(=O)C(C(=O)c2ccc(Cl)cc2Cl)C(=O)O1. The van der Waals surface area contributed by atoms with E-state index in [1.54, 1.807) is 0 Å². The van der Waals surface area contributed by atoms with Gasteiger partial charge in [-0.3, -0.25) is 14.4 Å². The first-order valence-corrected chi connectivity index (χ1v) is 6.09. The lowest BCUT2D eigenvalue weighted by Crippen LogP contribution is -2.35. The Hall–Kier alpha value is -1.65. The van der Waals surface area contributed by atoms with Gasteiger partial charge in [-0.05, 0) is 25.1 Å². The van der Waals surface area contributed by atoms with Crippen molar-refractivity contribution in [2.24, 2.45) is 5.92 Å². The standard InChI is InChI=1S/C13H8Cl2O4/c1-6-4-10(16)11(13(18)19-6)12(17)8-3-2-7(14)5-9(8)15/h2-5,11H,1H3. The van der Waals surface area contributed by atoms with E-state index in [0.717, 1.165) is 6.08 Å². The Morgan fingerprint density at radius 3 is 2.53 bits per heavy atom. The Balaban J connectivity index is 2.39. The van der Waals surface area contributed by atoms with Gasteiger partial charge in [-0.25, -0.2) is 0 Å². The quantitative estimate of drug-likeness (QED) is 0.478. The fraction of sp³-hybridized carbons (Fsp3) is 0.154. The van der Waals surface area contributed by atoms with E-state index in [1.807, 2.05) is 0 Å². The molecule has 98 valence electrons. The van der Waals surface area contributed by atoms with Crippen molar-refractivity contribution in [3.05, 3.63) is 45.6 Å². The van der Waals surface area contributed by atoms with Crippen LogP contribution in [0.25, 0.3) is 0 Å². The molecule has 1 aliphatic rings. The molecule has 0 radical (unpaired) electrons. The number of hydrogen-bond donors (Lipinski definition) is 0. The smallest absolute Gasteiger partial charge is 0.329 e. The second kappa shape index (κ2) is 5.15. The zero-order chi connectivity index (χ0) is 14.2. The van der Waals surface area contributed by atoms with Crippen LogP contribution in [0.2, 0.25) is 10.0 Å². The number of ketones is 2. The highest BCUT2D eigenvalue weighted by Gasteiger charge is 2.38. The summed E-state index contributed by atoms with van der Waals surface area (Å²) in [6.45, 7) is 1.46. The lowest BCUT2D eigenvalue weighted by atomic mass is 9.92. The first-order chi connectivity index (χ1) is 8.90. The highest BCUT2D eigenvalue weighted by atomic mass is 35.5. The van der Waals surface area contributed by atoms with Gasteiger partial charge < -0.3 is 4.74 Å². The Labute approximate surface area is 118 Å². The number of carbonyl (C=O) groups excluding carboxylic acids is 3. The van der Waals surface area contributed by atoms with Gasteiger partial charge in [0, 0.05) is 16.7 Å². The number of benzene rings is 1. The first kappa shape index (κ1) is 13.8. The number of esters is 1. The van der Waals surface area contributed by atoms with Crippen LogP contribution in [0.5, 0.6) is 0 Å². The van der Waals surface area contributed by atoms with Crippen LogP contribution in [-0.4, -0.2) is 17.5 Å². The van der Waals surface area contributed by atoms with Crippen LogP contribution < -0.4 is 0 Å². The van der Waals surface area contributed by atoms with E-state index < -0.39 is 23.5 Å². The molecule has 0 aromatic heterocycles. The van der Waals surface area contributed by atoms with Crippen LogP contribution >= 0.6 is 23.2 Å². The molecular weight excluding hydrogens is 291 g/mol. The van der Waals surface area contributed by atoms with Gasteiger partial charge in [-0.2, -0.15) is 0 Å². The topological polar surface area (TPSA) is 60.4 Å². The molecule has 0 N–H and O–H groups in total. The minimum atomic E-state index is -1.50. The molecule has 1 aliphatic heterocycles. The highest BCUT2D eigenvalue weighted by molar-refractivity contribution is 6.38. The maximum atomic E-state index is 12.2. The lowest BCUT2D eigenvalue weighted by Gasteiger charge is -2.17. The molecule has 1 aromatic rings. The number of allylic oxidation sites excluding steroid dienone is 2. The van der Waals surface area contributed by atoms with Gasteiger partial charge in [0.05, 0.1) is 5.02 Å². The highest BCUT2D eigenvalue weighted by Crippen LogP contribution is 2.26. The minimum Gasteiger partial charge on any atom is -0.430 e. The summed E-state index contributed by atoms with van der Waals surface area (Å²) in [4.78, 5) is 35.6. The molecule has 6 heteroatoms. The summed E-state index contributed by atoms with van der Waals surface area (Å²) in [6.07, 6.45) is 1.12. The second-order valence-corrected chi connectivity index (χ2v) is 4.84. The molecule has 1 heterocycles. The molecule has 0 spiro atoms. The average Bonchev–Trinajstić information content (AvgIpc) is 2.26. The lowest BCUT2D eigenvalue weighted by molar-refractivity contribution is -0.146. The Bertz CT molecular complexity index is 619. The summed E-state index contributed by atoms with van der Waals surface area (Å²) in [5, 5.41) is 0.444. The van der Waals surface area contributed by atoms with Crippen molar-refractivity contribution >= 4 is 40.7 Å². The Morgan fingerprint density at radius 1 is 1.26 bits per heavy atom. The molecule has 0 aliphatic carbocycles. The third-order valence-electron chi connectivity index (χ3n) is 2.59. The van der Waals surface area contributed by atoms with Crippen molar-refractivity contribution in [2.75, 3.05) is 0 Å². The summed E-state index contributed by atoms with van der Waals surface area (Å²) in [5.41, 5.74) is 0.0642. The van der Waals surface area contributed by atoms with Gasteiger partial charge in [-0.1, -0.05) is 23.2 Å². The molecule has 0 saturated heterocycles. The van der Waals surface area contributed by atoms with E-state index >= 15 is 0 Å². The minimum absolute atomic E-state index is 0.0642. The van der Waals surface area contributed by atoms with Gasteiger partial charge >= 0.3 is 5.97 Å². The summed E-state index contributed by atoms with van der Waals surface area (Å²) in [6, 6.07) is 4.20. The van der Waals surface area contributed by atoms with Crippen molar-refractivity contribution in [1.82, 2.24) is 0 Å². The molecule has 1 unspecified atom stereocenters. The summed E-state index contributed by atoms with van der Waals surface area (Å²) in [5.74, 6) is -3.52. The van der Waals surface area contributed by atoms with Gasteiger partial charge in [0.2, 0.25) is 0 Å². The first-order valence-electron chi connectivity index (χ1n) is 5.33. The van der Waals surface area contributed by atoms with Gasteiger partial charge in [-0.15, -0.1) is 0 Å². The number of carbonyl (C=O) groups is 3. The third-order valence-corrected chi connectivity index (χ3v) is 3.13. The number of rotatable bonds is 2. The zero-order valence-electron chi connectivity index (χ0n) is 9.78. The maximum absolute atomic E-state index is 12.2. The van der Waals surface area contributed by atoms with Crippen molar-refractivity contribution in [1.29, 1.82) is 0 Å². The molecule has 19 heavy (non-hydrogen) atoms. The molecule has 4 nitrogen and oxygen atoms in total. The summed E-state index contributed by atoms with van der Waals surface area (Å²) < 4.78 is 4.79. The largest absolute Gasteiger partial charge is 0.430 e. The van der Waals surface area contributed by atoms with Gasteiger partial charge in [0.15, 0.2) is 17.5 Å². The maximum Gasteiger partial charge on any atom is 0.329 e. The Kier molecular flexibility index (Phi) is 3.73. The average molecular weight is 299 g/mol. The second-order valence-electron chi connectivity index (χ2n) is 4.00. The summed E-state index contributed by atoms with van der Waals surface area (Å²) >= 11 is 11.6. The number of cyclic esters (lactones) is 1. The fourth-order valence-electron chi connectivity index (χ4n) is 1.73. The summed E-state index contributed by atoms with van der Waals surface area (Å²) in [7, 11) is 0. The predicted octanol–water partition coefficient (Wildman–Crippen LogP) is 2.82. The Morgan fingerprint density at radius 2 is 1.95 bits per heavy atom. The van der Waals surface area contributed by atoms with E-state index in [9.17, 15) is 14.4 Å². The van der Waals surface area contributed by atoms with Crippen LogP contribution in [0.3, 0.4) is 0 Å². The van der Waals surface area contributed by atoms with E-state index in [4.69, 9.17) is 27.9 Å². The van der Waals surface area contributed by atoms with E-state index in [-0.39, 0.29) is 16.3 Å². The van der Waals surface area contributed by atoms with Crippen LogP contribution in [-0.2, 0) is 14.3 Å². The number of ether oxygens (including phenoxy) is 1. The van der Waals surface area contributed by atoms with E-state index in [1.165, 1.54) is 25.1 Å². The molecule has 0 saturated carbocycles.